The van der Waals surface area contributed by atoms with Crippen molar-refractivity contribution in [3.63, 3.8) is 0 Å². The molecule has 1 aromatic heterocycles. The van der Waals surface area contributed by atoms with E-state index in [-0.39, 0.29) is 0 Å². The van der Waals surface area contributed by atoms with Crippen molar-refractivity contribution in [3.05, 3.63) is 42.7 Å². The lowest BCUT2D eigenvalue weighted by Gasteiger charge is -2.05. The summed E-state index contributed by atoms with van der Waals surface area (Å²) in [6.45, 7) is 0. The van der Waals surface area contributed by atoms with Gasteiger partial charge in [0, 0.05) is 18.8 Å². The van der Waals surface area contributed by atoms with Crippen molar-refractivity contribution >= 4 is 17.3 Å². The molecule has 0 bridgehead atoms. The SMILES string of the molecule is CNc1cc(Nc2ccccc2)ncn1. The molecule has 4 heteroatoms. The second-order valence-electron chi connectivity index (χ2n) is 3.03. The number of aromatic nitrogens is 2. The largest absolute Gasteiger partial charge is 0.373 e. The van der Waals surface area contributed by atoms with Crippen LogP contribution in [0.4, 0.5) is 17.3 Å². The van der Waals surface area contributed by atoms with Crippen LogP contribution in [-0.2, 0) is 0 Å². The van der Waals surface area contributed by atoms with Gasteiger partial charge in [-0.25, -0.2) is 9.97 Å². The van der Waals surface area contributed by atoms with Gasteiger partial charge >= 0.3 is 0 Å². The minimum absolute atomic E-state index is 0.778. The summed E-state index contributed by atoms with van der Waals surface area (Å²) >= 11 is 0. The van der Waals surface area contributed by atoms with Crippen LogP contribution in [0.5, 0.6) is 0 Å². The van der Waals surface area contributed by atoms with Crippen LogP contribution in [0.3, 0.4) is 0 Å². The van der Waals surface area contributed by atoms with Crippen molar-refractivity contribution in [3.8, 4) is 0 Å². The molecular weight excluding hydrogens is 188 g/mol. The van der Waals surface area contributed by atoms with Crippen molar-refractivity contribution in [2.24, 2.45) is 0 Å². The highest BCUT2D eigenvalue weighted by Gasteiger charge is 1.96. The fourth-order valence-corrected chi connectivity index (χ4v) is 1.23. The molecule has 2 rings (SSSR count). The number of benzene rings is 1. The highest BCUT2D eigenvalue weighted by atomic mass is 15.1. The summed E-state index contributed by atoms with van der Waals surface area (Å²) in [6, 6.07) is 11.8. The van der Waals surface area contributed by atoms with Gasteiger partial charge in [0.05, 0.1) is 0 Å². The first-order valence-electron chi connectivity index (χ1n) is 4.70. The fraction of sp³-hybridized carbons (Fsp3) is 0.0909. The van der Waals surface area contributed by atoms with Gasteiger partial charge in [-0.15, -0.1) is 0 Å². The van der Waals surface area contributed by atoms with Crippen LogP contribution in [0, 0.1) is 0 Å². The third kappa shape index (κ3) is 2.43. The molecule has 0 aliphatic heterocycles. The first-order chi connectivity index (χ1) is 7.38. The lowest BCUT2D eigenvalue weighted by molar-refractivity contribution is 1.16. The normalized spacial score (nSPS) is 9.67. The summed E-state index contributed by atoms with van der Waals surface area (Å²) in [4.78, 5) is 8.16. The third-order valence-electron chi connectivity index (χ3n) is 1.97. The van der Waals surface area contributed by atoms with Crippen molar-refractivity contribution in [1.29, 1.82) is 0 Å². The van der Waals surface area contributed by atoms with Crippen LogP contribution in [0.1, 0.15) is 0 Å². The zero-order valence-corrected chi connectivity index (χ0v) is 8.44. The van der Waals surface area contributed by atoms with E-state index in [0.29, 0.717) is 0 Å². The molecule has 0 unspecified atom stereocenters. The van der Waals surface area contributed by atoms with Gasteiger partial charge in [-0.05, 0) is 12.1 Å². The average Bonchev–Trinajstić information content (AvgIpc) is 2.31. The van der Waals surface area contributed by atoms with Gasteiger partial charge in [-0.1, -0.05) is 18.2 Å². The Morgan fingerprint density at radius 3 is 2.47 bits per heavy atom. The number of hydrogen-bond donors (Lipinski definition) is 2. The van der Waals surface area contributed by atoms with Gasteiger partial charge in [0.15, 0.2) is 0 Å². The van der Waals surface area contributed by atoms with Crippen LogP contribution in [0.25, 0.3) is 0 Å². The Hall–Kier alpha value is -2.10. The number of anilines is 3. The van der Waals surface area contributed by atoms with E-state index in [1.165, 1.54) is 6.33 Å². The Morgan fingerprint density at radius 2 is 1.73 bits per heavy atom. The predicted molar refractivity (Wildman–Crippen MR) is 61.3 cm³/mol. The molecular formula is C11H12N4. The Morgan fingerprint density at radius 1 is 1.00 bits per heavy atom. The Labute approximate surface area is 88.4 Å². The Bertz CT molecular complexity index is 428. The van der Waals surface area contributed by atoms with E-state index in [0.717, 1.165) is 17.3 Å². The summed E-state index contributed by atoms with van der Waals surface area (Å²) in [5, 5.41) is 6.15. The van der Waals surface area contributed by atoms with E-state index in [1.807, 2.05) is 43.4 Å². The molecule has 0 saturated carbocycles. The van der Waals surface area contributed by atoms with E-state index in [9.17, 15) is 0 Å². The van der Waals surface area contributed by atoms with Crippen LogP contribution < -0.4 is 10.6 Å². The molecule has 1 heterocycles. The van der Waals surface area contributed by atoms with E-state index < -0.39 is 0 Å². The van der Waals surface area contributed by atoms with Crippen molar-refractivity contribution < 1.29 is 0 Å². The summed E-state index contributed by atoms with van der Waals surface area (Å²) in [6.07, 6.45) is 1.52. The molecule has 0 fully saturated rings. The first-order valence-corrected chi connectivity index (χ1v) is 4.70. The standard InChI is InChI=1S/C11H12N4/c1-12-10-7-11(14-8-13-10)15-9-5-3-2-4-6-9/h2-8H,1H3,(H2,12,13,14,15). The van der Waals surface area contributed by atoms with Gasteiger partial charge in [-0.2, -0.15) is 0 Å². The second kappa shape index (κ2) is 4.41. The molecule has 15 heavy (non-hydrogen) atoms. The molecule has 2 N–H and O–H groups in total. The van der Waals surface area contributed by atoms with Crippen LogP contribution >= 0.6 is 0 Å². The minimum Gasteiger partial charge on any atom is -0.373 e. The summed E-state index contributed by atoms with van der Waals surface area (Å²) in [5.41, 5.74) is 1.01. The molecule has 0 atom stereocenters. The molecule has 0 spiro atoms. The molecule has 2 aromatic rings. The number of nitrogens with one attached hydrogen (secondary N) is 2. The van der Waals surface area contributed by atoms with E-state index in [4.69, 9.17) is 0 Å². The van der Waals surface area contributed by atoms with Gasteiger partial charge in [0.25, 0.3) is 0 Å². The van der Waals surface area contributed by atoms with Gasteiger partial charge in [0.1, 0.15) is 18.0 Å². The van der Waals surface area contributed by atoms with Gasteiger partial charge in [-0.3, -0.25) is 0 Å². The summed E-state index contributed by atoms with van der Waals surface area (Å²) in [5.74, 6) is 1.57. The van der Waals surface area contributed by atoms with Crippen molar-refractivity contribution in [2.75, 3.05) is 17.7 Å². The minimum atomic E-state index is 0.778. The highest BCUT2D eigenvalue weighted by molar-refractivity contribution is 5.58. The zero-order valence-electron chi connectivity index (χ0n) is 8.44. The van der Waals surface area contributed by atoms with Gasteiger partial charge < -0.3 is 10.6 Å². The number of nitrogens with zero attached hydrogens (tertiary/aromatic N) is 2. The number of hydrogen-bond acceptors (Lipinski definition) is 4. The zero-order chi connectivity index (χ0) is 10.5. The number of rotatable bonds is 3. The molecule has 0 amide bonds. The fourth-order valence-electron chi connectivity index (χ4n) is 1.23. The summed E-state index contributed by atoms with van der Waals surface area (Å²) in [7, 11) is 1.83. The molecule has 4 nitrogen and oxygen atoms in total. The molecule has 0 saturated heterocycles. The maximum Gasteiger partial charge on any atom is 0.135 e. The van der Waals surface area contributed by atoms with Crippen LogP contribution in [-0.4, -0.2) is 17.0 Å². The highest BCUT2D eigenvalue weighted by Crippen LogP contribution is 2.14. The van der Waals surface area contributed by atoms with Crippen molar-refractivity contribution in [2.45, 2.75) is 0 Å². The number of para-hydroxylation sites is 1. The lowest BCUT2D eigenvalue weighted by Crippen LogP contribution is -1.97. The molecule has 76 valence electrons. The molecule has 0 aliphatic carbocycles. The van der Waals surface area contributed by atoms with Gasteiger partial charge in [0.2, 0.25) is 0 Å². The molecule has 0 radical (unpaired) electrons. The maximum absolute atomic E-state index is 4.12. The Kier molecular flexibility index (Phi) is 2.78. The monoisotopic (exact) mass is 200 g/mol. The summed E-state index contributed by atoms with van der Waals surface area (Å²) < 4.78 is 0. The molecule has 0 aliphatic rings. The van der Waals surface area contributed by atoms with Crippen LogP contribution in [0.2, 0.25) is 0 Å². The quantitative estimate of drug-likeness (QED) is 0.798. The third-order valence-corrected chi connectivity index (χ3v) is 1.97. The smallest absolute Gasteiger partial charge is 0.135 e. The lowest BCUT2D eigenvalue weighted by atomic mass is 10.3. The maximum atomic E-state index is 4.12. The Balaban J connectivity index is 2.17. The molecule has 1 aromatic carbocycles. The van der Waals surface area contributed by atoms with E-state index >= 15 is 0 Å². The van der Waals surface area contributed by atoms with E-state index in [2.05, 4.69) is 20.6 Å². The average molecular weight is 200 g/mol. The second-order valence-corrected chi connectivity index (χ2v) is 3.03. The van der Waals surface area contributed by atoms with Crippen molar-refractivity contribution in [1.82, 2.24) is 9.97 Å². The van der Waals surface area contributed by atoms with Crippen LogP contribution in [0.15, 0.2) is 42.7 Å². The predicted octanol–water partition coefficient (Wildman–Crippen LogP) is 2.26. The first kappa shape index (κ1) is 9.45. The topological polar surface area (TPSA) is 49.8 Å². The van der Waals surface area contributed by atoms with E-state index in [1.54, 1.807) is 0 Å².